The standard InChI is InChI=1S/C14H20O10/c1-6(16)11(21)14(8(3)18,24-9(4)19)13(23,7(2)17)12(22)10(20)5-15/h10,12,15,20,22-23H,5H2,1-4H3/t10-,12-,13?,14?/m1/s1. The van der Waals surface area contributed by atoms with Crippen LogP contribution in [-0.2, 0) is 28.7 Å². The van der Waals surface area contributed by atoms with Crippen LogP contribution in [0.1, 0.15) is 27.7 Å². The maximum Gasteiger partial charge on any atom is 0.304 e. The van der Waals surface area contributed by atoms with E-state index in [0.717, 1.165) is 6.92 Å². The predicted molar refractivity (Wildman–Crippen MR) is 75.6 cm³/mol. The molecule has 0 bridgehead atoms. The molecule has 0 aliphatic rings. The average molecular weight is 348 g/mol. The average Bonchev–Trinajstić information content (AvgIpc) is 2.48. The lowest BCUT2D eigenvalue weighted by Gasteiger charge is -2.44. The van der Waals surface area contributed by atoms with Gasteiger partial charge in [0, 0.05) is 13.8 Å². The lowest BCUT2D eigenvalue weighted by Crippen LogP contribution is -2.76. The van der Waals surface area contributed by atoms with E-state index < -0.39 is 59.1 Å². The molecule has 0 rings (SSSR count). The fourth-order valence-electron chi connectivity index (χ4n) is 2.30. The molecule has 0 aliphatic heterocycles. The third kappa shape index (κ3) is 3.41. The second kappa shape index (κ2) is 7.71. The number of rotatable bonds is 9. The molecule has 0 aromatic rings. The zero-order valence-electron chi connectivity index (χ0n) is 13.6. The molecule has 0 spiro atoms. The van der Waals surface area contributed by atoms with Crippen LogP contribution in [0.25, 0.3) is 0 Å². The van der Waals surface area contributed by atoms with E-state index in [0.29, 0.717) is 20.8 Å². The molecular weight excluding hydrogens is 328 g/mol. The number of hydrogen-bond acceptors (Lipinski definition) is 10. The molecule has 4 atom stereocenters. The lowest BCUT2D eigenvalue weighted by molar-refractivity contribution is -0.226. The molecular formula is C14H20O10. The number of hydrogen-bond donors (Lipinski definition) is 4. The summed E-state index contributed by atoms with van der Waals surface area (Å²) in [6.07, 6.45) is -4.81. The first kappa shape index (κ1) is 22.0. The Balaban J connectivity index is 6.88. The van der Waals surface area contributed by atoms with Crippen molar-refractivity contribution in [1.82, 2.24) is 0 Å². The van der Waals surface area contributed by atoms with Crippen LogP contribution in [-0.4, -0.2) is 79.5 Å². The Hall–Kier alpha value is -2.01. The van der Waals surface area contributed by atoms with Gasteiger partial charge in [-0.05, 0) is 13.8 Å². The number of aliphatic hydroxyl groups is 4. The van der Waals surface area contributed by atoms with Crippen LogP contribution in [0, 0.1) is 0 Å². The van der Waals surface area contributed by atoms with E-state index in [9.17, 15) is 39.3 Å². The summed E-state index contributed by atoms with van der Waals surface area (Å²) in [5, 5.41) is 39.2. The van der Waals surface area contributed by atoms with Crippen molar-refractivity contribution in [3.8, 4) is 0 Å². The third-order valence-corrected chi connectivity index (χ3v) is 3.49. The molecule has 0 aliphatic carbocycles. The molecule has 24 heavy (non-hydrogen) atoms. The van der Waals surface area contributed by atoms with Gasteiger partial charge in [0.25, 0.3) is 11.4 Å². The largest absolute Gasteiger partial charge is 0.439 e. The first-order chi connectivity index (χ1) is 10.8. The van der Waals surface area contributed by atoms with Gasteiger partial charge in [0.05, 0.1) is 6.61 Å². The van der Waals surface area contributed by atoms with E-state index in [2.05, 4.69) is 4.74 Å². The Kier molecular flexibility index (Phi) is 7.06. The highest BCUT2D eigenvalue weighted by molar-refractivity contribution is 6.45. The first-order valence-corrected chi connectivity index (χ1v) is 6.77. The maximum atomic E-state index is 12.3. The lowest BCUT2D eigenvalue weighted by atomic mass is 9.69. The predicted octanol–water partition coefficient (Wildman–Crippen LogP) is -2.93. The van der Waals surface area contributed by atoms with Gasteiger partial charge in [-0.25, -0.2) is 0 Å². The molecule has 2 unspecified atom stereocenters. The van der Waals surface area contributed by atoms with Crippen LogP contribution in [0.3, 0.4) is 0 Å². The second-order valence-electron chi connectivity index (χ2n) is 5.23. The van der Waals surface area contributed by atoms with Crippen molar-refractivity contribution in [3.63, 3.8) is 0 Å². The minimum absolute atomic E-state index is 0.641. The molecule has 10 heteroatoms. The highest BCUT2D eigenvalue weighted by Crippen LogP contribution is 2.35. The molecule has 4 N–H and O–H groups in total. The van der Waals surface area contributed by atoms with Crippen molar-refractivity contribution < 1.29 is 49.1 Å². The molecule has 0 saturated carbocycles. The van der Waals surface area contributed by atoms with Gasteiger partial charge >= 0.3 is 5.97 Å². The van der Waals surface area contributed by atoms with Gasteiger partial charge in [-0.3, -0.25) is 24.0 Å². The summed E-state index contributed by atoms with van der Waals surface area (Å²) in [6.45, 7) is 1.55. The number of carbonyl (C=O) groups is 5. The van der Waals surface area contributed by atoms with Crippen LogP contribution in [0.4, 0.5) is 0 Å². The molecule has 0 radical (unpaired) electrons. The normalized spacial score (nSPS) is 18.5. The molecule has 0 heterocycles. The van der Waals surface area contributed by atoms with Gasteiger partial charge in [-0.15, -0.1) is 0 Å². The van der Waals surface area contributed by atoms with E-state index in [1.807, 2.05) is 0 Å². The van der Waals surface area contributed by atoms with Crippen LogP contribution in [0.2, 0.25) is 0 Å². The van der Waals surface area contributed by atoms with Gasteiger partial charge in [-0.1, -0.05) is 0 Å². The minimum Gasteiger partial charge on any atom is -0.439 e. The summed E-state index contributed by atoms with van der Waals surface area (Å²) in [4.78, 5) is 59.2. The smallest absolute Gasteiger partial charge is 0.304 e. The Morgan fingerprint density at radius 3 is 1.67 bits per heavy atom. The van der Waals surface area contributed by atoms with Crippen LogP contribution < -0.4 is 0 Å². The Bertz CT molecular complexity index is 568. The van der Waals surface area contributed by atoms with Gasteiger partial charge < -0.3 is 25.2 Å². The zero-order chi connectivity index (χ0) is 19.5. The number of ether oxygens (including phenoxy) is 1. The topological polar surface area (TPSA) is 175 Å². The summed E-state index contributed by atoms with van der Waals surface area (Å²) >= 11 is 0. The van der Waals surface area contributed by atoms with Gasteiger partial charge in [0.2, 0.25) is 5.60 Å². The molecule has 10 nitrogen and oxygen atoms in total. The van der Waals surface area contributed by atoms with Crippen LogP contribution >= 0.6 is 0 Å². The van der Waals surface area contributed by atoms with Gasteiger partial charge in [0.1, 0.15) is 12.2 Å². The third-order valence-electron chi connectivity index (χ3n) is 3.49. The molecule has 136 valence electrons. The SMILES string of the molecule is CC(=O)OC(C(C)=O)(C(=O)C(C)=O)C(O)(C(C)=O)[C@H](O)[C@H](O)CO. The first-order valence-electron chi connectivity index (χ1n) is 6.77. The summed E-state index contributed by atoms with van der Waals surface area (Å²) < 4.78 is 4.58. The Morgan fingerprint density at radius 1 is 0.958 bits per heavy atom. The summed E-state index contributed by atoms with van der Waals surface area (Å²) in [6, 6.07) is 0. The molecule has 0 aromatic heterocycles. The fraction of sp³-hybridized carbons (Fsp3) is 0.643. The monoisotopic (exact) mass is 348 g/mol. The van der Waals surface area contributed by atoms with Gasteiger partial charge in [0.15, 0.2) is 17.3 Å². The van der Waals surface area contributed by atoms with Crippen molar-refractivity contribution >= 4 is 29.1 Å². The molecule has 0 saturated heterocycles. The van der Waals surface area contributed by atoms with E-state index in [1.165, 1.54) is 0 Å². The summed E-state index contributed by atoms with van der Waals surface area (Å²) in [5.74, 6) is -7.32. The Morgan fingerprint density at radius 2 is 1.42 bits per heavy atom. The highest BCUT2D eigenvalue weighted by atomic mass is 16.6. The summed E-state index contributed by atoms with van der Waals surface area (Å²) in [7, 11) is 0. The quantitative estimate of drug-likeness (QED) is 0.192. The number of Topliss-reactive ketones (excluding diaryl/α,β-unsaturated/α-hetero) is 4. The van der Waals surface area contributed by atoms with Crippen LogP contribution in [0.5, 0.6) is 0 Å². The van der Waals surface area contributed by atoms with Crippen molar-refractivity contribution in [2.24, 2.45) is 0 Å². The second-order valence-corrected chi connectivity index (χ2v) is 5.23. The van der Waals surface area contributed by atoms with Crippen molar-refractivity contribution in [2.45, 2.75) is 51.1 Å². The van der Waals surface area contributed by atoms with Crippen molar-refractivity contribution in [3.05, 3.63) is 0 Å². The van der Waals surface area contributed by atoms with Gasteiger partial charge in [-0.2, -0.15) is 0 Å². The highest BCUT2D eigenvalue weighted by Gasteiger charge is 2.70. The van der Waals surface area contributed by atoms with Crippen LogP contribution in [0.15, 0.2) is 0 Å². The zero-order valence-corrected chi connectivity index (χ0v) is 13.6. The Labute approximate surface area is 137 Å². The number of esters is 1. The molecule has 0 aromatic carbocycles. The van der Waals surface area contributed by atoms with E-state index in [1.54, 1.807) is 0 Å². The van der Waals surface area contributed by atoms with E-state index in [-0.39, 0.29) is 0 Å². The van der Waals surface area contributed by atoms with E-state index in [4.69, 9.17) is 5.11 Å². The summed E-state index contributed by atoms with van der Waals surface area (Å²) in [5.41, 5.74) is -6.92. The number of ketones is 4. The number of carbonyl (C=O) groups excluding carboxylic acids is 5. The van der Waals surface area contributed by atoms with Crippen molar-refractivity contribution in [1.29, 1.82) is 0 Å². The fourth-order valence-corrected chi connectivity index (χ4v) is 2.30. The minimum atomic E-state index is -3.50. The van der Waals surface area contributed by atoms with E-state index >= 15 is 0 Å². The molecule has 0 amide bonds. The maximum absolute atomic E-state index is 12.3. The molecule has 0 fully saturated rings. The number of aliphatic hydroxyl groups excluding tert-OH is 3. The van der Waals surface area contributed by atoms with Crippen molar-refractivity contribution in [2.75, 3.05) is 6.61 Å².